The van der Waals surface area contributed by atoms with E-state index in [1.165, 1.54) is 38.8 Å². The molecule has 0 aliphatic carbocycles. The summed E-state index contributed by atoms with van der Waals surface area (Å²) in [6, 6.07) is 1.18. The fourth-order valence-corrected chi connectivity index (χ4v) is 3.22. The van der Waals surface area contributed by atoms with Gasteiger partial charge in [-0.2, -0.15) is 0 Å². The first-order chi connectivity index (χ1) is 9.02. The Morgan fingerprint density at radius 1 is 1.26 bits per heavy atom. The van der Waals surface area contributed by atoms with Gasteiger partial charge in [-0.3, -0.25) is 9.69 Å². The summed E-state index contributed by atoms with van der Waals surface area (Å²) in [5.74, 6) is 0.126. The first-order valence-electron chi connectivity index (χ1n) is 7.80. The molecule has 4 nitrogen and oxygen atoms in total. The van der Waals surface area contributed by atoms with Gasteiger partial charge in [0.15, 0.2) is 0 Å². The Bertz CT molecular complexity index is 317. The SMILES string of the molecule is CCC(C)(C)NC(=O)CNC1CCN2CCCCC12. The van der Waals surface area contributed by atoms with Crippen molar-refractivity contribution in [2.75, 3.05) is 19.6 Å². The molecule has 2 N–H and O–H groups in total. The number of carbonyl (C=O) groups is 1. The third-order valence-corrected chi connectivity index (χ3v) is 4.74. The average molecular weight is 267 g/mol. The molecule has 0 aromatic heterocycles. The zero-order valence-electron chi connectivity index (χ0n) is 12.7. The van der Waals surface area contributed by atoms with Crippen LogP contribution in [-0.4, -0.2) is 48.1 Å². The molecule has 2 fully saturated rings. The summed E-state index contributed by atoms with van der Waals surface area (Å²) in [5.41, 5.74) is -0.0920. The Hall–Kier alpha value is -0.610. The molecule has 110 valence electrons. The van der Waals surface area contributed by atoms with Gasteiger partial charge in [-0.25, -0.2) is 0 Å². The quantitative estimate of drug-likeness (QED) is 0.793. The van der Waals surface area contributed by atoms with Gasteiger partial charge in [-0.05, 0) is 46.1 Å². The highest BCUT2D eigenvalue weighted by atomic mass is 16.2. The lowest BCUT2D eigenvalue weighted by atomic mass is 9.99. The van der Waals surface area contributed by atoms with Crippen molar-refractivity contribution in [1.82, 2.24) is 15.5 Å². The minimum atomic E-state index is -0.0920. The molecule has 2 heterocycles. The molecule has 2 aliphatic rings. The van der Waals surface area contributed by atoms with E-state index < -0.39 is 0 Å². The van der Waals surface area contributed by atoms with E-state index in [-0.39, 0.29) is 11.4 Å². The predicted octanol–water partition coefficient (Wildman–Crippen LogP) is 1.51. The zero-order chi connectivity index (χ0) is 13.9. The highest BCUT2D eigenvalue weighted by Crippen LogP contribution is 2.26. The van der Waals surface area contributed by atoms with E-state index in [1.807, 2.05) is 0 Å². The fraction of sp³-hybridized carbons (Fsp3) is 0.933. The van der Waals surface area contributed by atoms with Gasteiger partial charge in [0.2, 0.25) is 5.91 Å². The molecule has 0 bridgehead atoms. The molecule has 0 aromatic rings. The second-order valence-electron chi connectivity index (χ2n) is 6.66. The number of nitrogens with zero attached hydrogens (tertiary/aromatic N) is 1. The highest BCUT2D eigenvalue weighted by Gasteiger charge is 2.35. The van der Waals surface area contributed by atoms with Gasteiger partial charge in [0.1, 0.15) is 0 Å². The van der Waals surface area contributed by atoms with E-state index in [9.17, 15) is 4.79 Å². The van der Waals surface area contributed by atoms with E-state index in [0.717, 1.165) is 6.42 Å². The first-order valence-corrected chi connectivity index (χ1v) is 7.80. The number of rotatable bonds is 5. The van der Waals surface area contributed by atoms with Gasteiger partial charge in [-0.15, -0.1) is 0 Å². The molecular weight excluding hydrogens is 238 g/mol. The summed E-state index contributed by atoms with van der Waals surface area (Å²) in [6.07, 6.45) is 6.12. The molecule has 0 aromatic carbocycles. The van der Waals surface area contributed by atoms with Crippen LogP contribution in [0.2, 0.25) is 0 Å². The zero-order valence-corrected chi connectivity index (χ0v) is 12.7. The van der Waals surface area contributed by atoms with Crippen LogP contribution in [0.3, 0.4) is 0 Å². The molecule has 2 aliphatic heterocycles. The normalized spacial score (nSPS) is 28.2. The molecule has 2 atom stereocenters. The fourth-order valence-electron chi connectivity index (χ4n) is 3.22. The summed E-state index contributed by atoms with van der Waals surface area (Å²) in [6.45, 7) is 9.15. The van der Waals surface area contributed by atoms with Crippen LogP contribution < -0.4 is 10.6 Å². The molecule has 2 saturated heterocycles. The Morgan fingerprint density at radius 3 is 2.79 bits per heavy atom. The van der Waals surface area contributed by atoms with E-state index in [1.54, 1.807) is 0 Å². The monoisotopic (exact) mass is 267 g/mol. The van der Waals surface area contributed by atoms with Crippen molar-refractivity contribution < 1.29 is 4.79 Å². The lowest BCUT2D eigenvalue weighted by Crippen LogP contribution is -2.50. The number of carbonyl (C=O) groups excluding carboxylic acids is 1. The van der Waals surface area contributed by atoms with Crippen molar-refractivity contribution in [1.29, 1.82) is 0 Å². The van der Waals surface area contributed by atoms with Crippen molar-refractivity contribution >= 4 is 5.91 Å². The van der Waals surface area contributed by atoms with Gasteiger partial charge < -0.3 is 10.6 Å². The third kappa shape index (κ3) is 3.93. The van der Waals surface area contributed by atoms with Crippen LogP contribution in [-0.2, 0) is 4.79 Å². The van der Waals surface area contributed by atoms with Gasteiger partial charge in [0, 0.05) is 24.2 Å². The first kappa shape index (κ1) is 14.8. The molecule has 1 amide bonds. The molecular formula is C15H29N3O. The molecule has 2 rings (SSSR count). The molecule has 19 heavy (non-hydrogen) atoms. The summed E-state index contributed by atoms with van der Waals surface area (Å²) in [4.78, 5) is 14.5. The van der Waals surface area contributed by atoms with E-state index in [0.29, 0.717) is 18.6 Å². The topological polar surface area (TPSA) is 44.4 Å². The van der Waals surface area contributed by atoms with Crippen molar-refractivity contribution in [2.24, 2.45) is 0 Å². The average Bonchev–Trinajstić information content (AvgIpc) is 2.79. The predicted molar refractivity (Wildman–Crippen MR) is 78.1 cm³/mol. The maximum Gasteiger partial charge on any atom is 0.234 e. The highest BCUT2D eigenvalue weighted by molar-refractivity contribution is 5.78. The number of amides is 1. The lowest BCUT2D eigenvalue weighted by molar-refractivity contribution is -0.122. The van der Waals surface area contributed by atoms with E-state index in [2.05, 4.69) is 36.3 Å². The van der Waals surface area contributed by atoms with Crippen molar-refractivity contribution in [2.45, 2.75) is 70.5 Å². The third-order valence-electron chi connectivity index (χ3n) is 4.74. The van der Waals surface area contributed by atoms with E-state index >= 15 is 0 Å². The van der Waals surface area contributed by atoms with Crippen LogP contribution in [0.1, 0.15) is 52.9 Å². The minimum absolute atomic E-state index is 0.0920. The summed E-state index contributed by atoms with van der Waals surface area (Å²) in [7, 11) is 0. The molecule has 0 spiro atoms. The van der Waals surface area contributed by atoms with Gasteiger partial charge in [0.05, 0.1) is 6.54 Å². The van der Waals surface area contributed by atoms with Crippen molar-refractivity contribution in [3.8, 4) is 0 Å². The van der Waals surface area contributed by atoms with Crippen LogP contribution in [0.15, 0.2) is 0 Å². The van der Waals surface area contributed by atoms with Gasteiger partial charge in [0.25, 0.3) is 0 Å². The Balaban J connectivity index is 1.75. The largest absolute Gasteiger partial charge is 0.350 e. The minimum Gasteiger partial charge on any atom is -0.350 e. The molecule has 2 unspecified atom stereocenters. The summed E-state index contributed by atoms with van der Waals surface area (Å²) < 4.78 is 0. The number of nitrogens with one attached hydrogen (secondary N) is 2. The van der Waals surface area contributed by atoms with Crippen LogP contribution in [0.25, 0.3) is 0 Å². The molecule has 0 saturated carbocycles. The lowest BCUT2D eigenvalue weighted by Gasteiger charge is -2.33. The van der Waals surface area contributed by atoms with Crippen molar-refractivity contribution in [3.63, 3.8) is 0 Å². The number of piperidine rings is 1. The second-order valence-corrected chi connectivity index (χ2v) is 6.66. The number of fused-ring (bicyclic) bond motifs is 1. The number of hydrogen-bond acceptors (Lipinski definition) is 3. The van der Waals surface area contributed by atoms with Gasteiger partial charge in [-0.1, -0.05) is 13.3 Å². The number of hydrogen-bond donors (Lipinski definition) is 2. The standard InChI is InChI=1S/C15H29N3O/c1-4-15(2,3)17-14(19)11-16-12-8-10-18-9-6-5-7-13(12)18/h12-13,16H,4-11H2,1-3H3,(H,17,19). The van der Waals surface area contributed by atoms with E-state index in [4.69, 9.17) is 0 Å². The summed E-state index contributed by atoms with van der Waals surface area (Å²) >= 11 is 0. The molecule has 4 heteroatoms. The maximum atomic E-state index is 11.9. The Labute approximate surface area is 117 Å². The second kappa shape index (κ2) is 6.23. The van der Waals surface area contributed by atoms with Crippen LogP contribution >= 0.6 is 0 Å². The van der Waals surface area contributed by atoms with Gasteiger partial charge >= 0.3 is 0 Å². The smallest absolute Gasteiger partial charge is 0.234 e. The van der Waals surface area contributed by atoms with Crippen LogP contribution in [0.5, 0.6) is 0 Å². The van der Waals surface area contributed by atoms with Crippen molar-refractivity contribution in [3.05, 3.63) is 0 Å². The van der Waals surface area contributed by atoms with Crippen LogP contribution in [0, 0.1) is 0 Å². The summed E-state index contributed by atoms with van der Waals surface area (Å²) in [5, 5.41) is 6.56. The Morgan fingerprint density at radius 2 is 2.05 bits per heavy atom. The van der Waals surface area contributed by atoms with Crippen LogP contribution in [0.4, 0.5) is 0 Å². The Kier molecular flexibility index (Phi) is 4.85. The molecule has 0 radical (unpaired) electrons. The maximum absolute atomic E-state index is 11.9.